The average Bonchev–Trinajstić information content (AvgIpc) is 2.41. The van der Waals surface area contributed by atoms with Crippen LogP contribution in [0.2, 0.25) is 5.02 Å². The molecule has 20 heavy (non-hydrogen) atoms. The number of hydrogen-bond donors (Lipinski definition) is 2. The van der Waals surface area contributed by atoms with Gasteiger partial charge in [0.15, 0.2) is 5.58 Å². The first kappa shape index (κ1) is 14.9. The summed E-state index contributed by atoms with van der Waals surface area (Å²) in [5, 5.41) is 11.3. The van der Waals surface area contributed by atoms with Crippen LogP contribution >= 0.6 is 11.6 Å². The molecular formula is C15H19ClNO3+. The Bertz CT molecular complexity index is 690. The van der Waals surface area contributed by atoms with Crippen LogP contribution in [0.1, 0.15) is 25.0 Å². The molecule has 2 N–H and O–H groups in total. The van der Waals surface area contributed by atoms with Crippen molar-refractivity contribution in [2.45, 2.75) is 27.3 Å². The van der Waals surface area contributed by atoms with Gasteiger partial charge in [0.2, 0.25) is 0 Å². The summed E-state index contributed by atoms with van der Waals surface area (Å²) in [6.45, 7) is 8.39. The number of aromatic hydroxyl groups is 1. The third kappa shape index (κ3) is 2.67. The minimum Gasteiger partial charge on any atom is -0.506 e. The van der Waals surface area contributed by atoms with E-state index >= 15 is 0 Å². The van der Waals surface area contributed by atoms with Gasteiger partial charge in [-0.25, -0.2) is 4.79 Å². The fraction of sp³-hybridized carbons (Fsp3) is 0.400. The maximum atomic E-state index is 11.6. The van der Waals surface area contributed by atoms with Crippen molar-refractivity contribution in [1.29, 1.82) is 0 Å². The molecule has 5 heteroatoms. The van der Waals surface area contributed by atoms with E-state index < -0.39 is 5.63 Å². The van der Waals surface area contributed by atoms with Crippen molar-refractivity contribution >= 4 is 22.6 Å². The number of rotatable bonds is 4. The fourth-order valence-corrected chi connectivity index (χ4v) is 2.61. The smallest absolute Gasteiger partial charge is 0.336 e. The van der Waals surface area contributed by atoms with E-state index in [4.69, 9.17) is 16.0 Å². The lowest BCUT2D eigenvalue weighted by atomic mass is 10.1. The van der Waals surface area contributed by atoms with Gasteiger partial charge in [-0.2, -0.15) is 0 Å². The molecule has 0 aliphatic heterocycles. The molecule has 0 saturated heterocycles. The van der Waals surface area contributed by atoms with Crippen LogP contribution in [0.15, 0.2) is 21.3 Å². The van der Waals surface area contributed by atoms with Crippen molar-refractivity contribution in [2.75, 3.05) is 13.1 Å². The maximum absolute atomic E-state index is 11.6. The van der Waals surface area contributed by atoms with E-state index in [0.717, 1.165) is 24.0 Å². The molecule has 0 aliphatic carbocycles. The Hall–Kier alpha value is -1.52. The van der Waals surface area contributed by atoms with Gasteiger partial charge in [-0.1, -0.05) is 11.6 Å². The number of nitrogens with one attached hydrogen (secondary N) is 1. The zero-order valence-electron chi connectivity index (χ0n) is 11.9. The van der Waals surface area contributed by atoms with Crippen molar-refractivity contribution < 1.29 is 14.4 Å². The number of quaternary nitrogens is 1. The van der Waals surface area contributed by atoms with Crippen molar-refractivity contribution in [3.63, 3.8) is 0 Å². The van der Waals surface area contributed by atoms with Gasteiger partial charge < -0.3 is 14.4 Å². The molecule has 0 fully saturated rings. The Labute approximate surface area is 122 Å². The zero-order valence-corrected chi connectivity index (χ0v) is 12.7. The SMILES string of the molecule is CC[NH+](CC)Cc1c(O)c(Cl)cc2c(C)cc(=O)oc12. The van der Waals surface area contributed by atoms with Gasteiger partial charge >= 0.3 is 5.63 Å². The quantitative estimate of drug-likeness (QED) is 0.847. The topological polar surface area (TPSA) is 54.9 Å². The number of halogens is 1. The third-order valence-corrected chi connectivity index (χ3v) is 3.98. The Morgan fingerprint density at radius 1 is 1.30 bits per heavy atom. The molecule has 0 amide bonds. The van der Waals surface area contributed by atoms with Crippen LogP contribution in [0.4, 0.5) is 0 Å². The first-order valence-electron chi connectivity index (χ1n) is 6.76. The van der Waals surface area contributed by atoms with Crippen molar-refractivity contribution in [1.82, 2.24) is 0 Å². The molecule has 0 unspecified atom stereocenters. The van der Waals surface area contributed by atoms with Crippen LogP contribution in [-0.4, -0.2) is 18.2 Å². The number of phenols is 1. The van der Waals surface area contributed by atoms with Crippen molar-refractivity contribution in [2.24, 2.45) is 0 Å². The Morgan fingerprint density at radius 2 is 1.95 bits per heavy atom. The lowest BCUT2D eigenvalue weighted by molar-refractivity contribution is -0.910. The molecule has 1 aromatic carbocycles. The summed E-state index contributed by atoms with van der Waals surface area (Å²) in [6, 6.07) is 3.08. The fourth-order valence-electron chi connectivity index (χ4n) is 2.38. The molecule has 2 rings (SSSR count). The second-order valence-corrected chi connectivity index (χ2v) is 5.35. The van der Waals surface area contributed by atoms with Crippen molar-refractivity contribution in [3.8, 4) is 5.75 Å². The summed E-state index contributed by atoms with van der Waals surface area (Å²) in [7, 11) is 0. The summed E-state index contributed by atoms with van der Waals surface area (Å²) in [5.41, 5.74) is 1.43. The van der Waals surface area contributed by atoms with E-state index in [0.29, 0.717) is 17.7 Å². The molecule has 0 saturated carbocycles. The van der Waals surface area contributed by atoms with E-state index in [1.165, 1.54) is 11.0 Å². The predicted molar refractivity (Wildman–Crippen MR) is 79.6 cm³/mol. The summed E-state index contributed by atoms with van der Waals surface area (Å²) in [5.74, 6) is 0.00677. The van der Waals surface area contributed by atoms with Gasteiger partial charge in [0.1, 0.15) is 12.3 Å². The first-order chi connectivity index (χ1) is 9.47. The molecule has 1 heterocycles. The molecule has 0 atom stereocenters. The maximum Gasteiger partial charge on any atom is 0.336 e. The van der Waals surface area contributed by atoms with Crippen LogP contribution in [0.5, 0.6) is 5.75 Å². The Kier molecular flexibility index (Phi) is 4.35. The van der Waals surface area contributed by atoms with Crippen LogP contribution in [0.3, 0.4) is 0 Å². The van der Waals surface area contributed by atoms with Gasteiger partial charge in [0, 0.05) is 11.5 Å². The molecule has 2 aromatic rings. The van der Waals surface area contributed by atoms with E-state index in [-0.39, 0.29) is 10.8 Å². The normalized spacial score (nSPS) is 11.4. The van der Waals surface area contributed by atoms with Gasteiger partial charge in [0.05, 0.1) is 23.7 Å². The summed E-state index contributed by atoms with van der Waals surface area (Å²) in [6.07, 6.45) is 0. The molecule has 4 nitrogen and oxygen atoms in total. The van der Waals surface area contributed by atoms with Crippen LogP contribution in [0.25, 0.3) is 11.0 Å². The first-order valence-corrected chi connectivity index (χ1v) is 7.14. The third-order valence-electron chi connectivity index (χ3n) is 3.69. The molecule has 108 valence electrons. The predicted octanol–water partition coefficient (Wildman–Crippen LogP) is 1.89. The van der Waals surface area contributed by atoms with Crippen LogP contribution in [-0.2, 0) is 6.54 Å². The van der Waals surface area contributed by atoms with E-state index in [9.17, 15) is 9.90 Å². The molecular weight excluding hydrogens is 278 g/mol. The second kappa shape index (κ2) is 5.85. The molecule has 0 spiro atoms. The molecule has 0 bridgehead atoms. The number of phenolic OH excluding ortho intramolecular Hbond substituents is 1. The highest BCUT2D eigenvalue weighted by atomic mass is 35.5. The molecule has 0 radical (unpaired) electrons. The van der Waals surface area contributed by atoms with Gasteiger partial charge in [-0.15, -0.1) is 0 Å². The van der Waals surface area contributed by atoms with E-state index in [2.05, 4.69) is 13.8 Å². The molecule has 1 aromatic heterocycles. The lowest BCUT2D eigenvalue weighted by Gasteiger charge is -2.17. The largest absolute Gasteiger partial charge is 0.506 e. The van der Waals surface area contributed by atoms with Crippen LogP contribution < -0.4 is 10.5 Å². The monoisotopic (exact) mass is 296 g/mol. The van der Waals surface area contributed by atoms with Crippen LogP contribution in [0, 0.1) is 6.92 Å². The second-order valence-electron chi connectivity index (χ2n) is 4.94. The van der Waals surface area contributed by atoms with Gasteiger partial charge in [0.25, 0.3) is 0 Å². The minimum atomic E-state index is -0.410. The standard InChI is InChI=1S/C15H18ClNO3/c1-4-17(5-2)8-11-14(19)12(16)7-10-9(3)6-13(18)20-15(10)11/h6-7,19H,4-5,8H2,1-3H3/p+1. The number of benzene rings is 1. The number of aryl methyl sites for hydroxylation is 1. The average molecular weight is 297 g/mol. The Morgan fingerprint density at radius 3 is 2.55 bits per heavy atom. The summed E-state index contributed by atoms with van der Waals surface area (Å²) < 4.78 is 5.31. The van der Waals surface area contributed by atoms with E-state index in [1.807, 2.05) is 6.92 Å². The number of fused-ring (bicyclic) bond motifs is 1. The minimum absolute atomic E-state index is 0.00677. The highest BCUT2D eigenvalue weighted by molar-refractivity contribution is 6.33. The van der Waals surface area contributed by atoms with E-state index in [1.54, 1.807) is 6.07 Å². The molecule has 0 aliphatic rings. The zero-order chi connectivity index (χ0) is 14.9. The van der Waals surface area contributed by atoms with Gasteiger partial charge in [-0.05, 0) is 32.4 Å². The van der Waals surface area contributed by atoms with Crippen molar-refractivity contribution in [3.05, 3.63) is 38.7 Å². The highest BCUT2D eigenvalue weighted by Crippen LogP contribution is 2.34. The number of hydrogen-bond acceptors (Lipinski definition) is 3. The summed E-state index contributed by atoms with van der Waals surface area (Å²) >= 11 is 6.10. The Balaban J connectivity index is 2.73. The highest BCUT2D eigenvalue weighted by Gasteiger charge is 2.19. The van der Waals surface area contributed by atoms with Gasteiger partial charge in [-0.3, -0.25) is 0 Å². The summed E-state index contributed by atoms with van der Waals surface area (Å²) in [4.78, 5) is 12.9. The lowest BCUT2D eigenvalue weighted by Crippen LogP contribution is -3.10.